The summed E-state index contributed by atoms with van der Waals surface area (Å²) in [6.07, 6.45) is -19.0. The summed E-state index contributed by atoms with van der Waals surface area (Å²) < 4.78 is 38.0. The third kappa shape index (κ3) is 10.2. The molecule has 3 aliphatic heterocycles. The number of aliphatic hydroxyl groups excluding tert-OH is 10. The van der Waals surface area contributed by atoms with E-state index < -0.39 is 112 Å². The first-order valence-electron chi connectivity index (χ1n) is 15.5. The summed E-state index contributed by atoms with van der Waals surface area (Å²) >= 11 is 0. The van der Waals surface area contributed by atoms with Gasteiger partial charge in [0.1, 0.15) is 73.2 Å². The van der Waals surface area contributed by atoms with E-state index >= 15 is 0 Å². The predicted molar refractivity (Wildman–Crippen MR) is 149 cm³/mol. The number of hydrogen-bond donors (Lipinski definition) is 10. The number of ether oxygens (including phenoxy) is 7. The molecular weight excluding hydrogens is 624 g/mol. The quantitative estimate of drug-likeness (QED) is 0.0513. The molecule has 46 heavy (non-hydrogen) atoms. The summed E-state index contributed by atoms with van der Waals surface area (Å²) in [7, 11) is 1.34. The van der Waals surface area contributed by atoms with Crippen LogP contribution in [0, 0.1) is 0 Å². The normalized spacial score (nSPS) is 41.8. The van der Waals surface area contributed by atoms with Crippen LogP contribution in [0.15, 0.2) is 0 Å². The van der Waals surface area contributed by atoms with Crippen molar-refractivity contribution in [2.24, 2.45) is 0 Å². The molecule has 0 aliphatic carbocycles. The summed E-state index contributed by atoms with van der Waals surface area (Å²) in [6, 6.07) is 0. The van der Waals surface area contributed by atoms with Crippen molar-refractivity contribution in [1.29, 1.82) is 0 Å². The zero-order chi connectivity index (χ0) is 34.0. The Balaban J connectivity index is 1.62. The van der Waals surface area contributed by atoms with Crippen LogP contribution in [0.2, 0.25) is 0 Å². The maximum Gasteiger partial charge on any atom is 0.305 e. The Bertz CT molecular complexity index is 879. The van der Waals surface area contributed by atoms with E-state index in [0.717, 1.165) is 32.1 Å². The Morgan fingerprint density at radius 3 is 1.65 bits per heavy atom. The van der Waals surface area contributed by atoms with Crippen molar-refractivity contribution < 1.29 is 89.0 Å². The van der Waals surface area contributed by atoms with Crippen molar-refractivity contribution in [3.8, 4) is 0 Å². The van der Waals surface area contributed by atoms with Gasteiger partial charge in [-0.25, -0.2) is 0 Å². The average Bonchev–Trinajstić information content (AvgIpc) is 3.05. The standard InChI is InChI=1S/C28H50O18/c1-40-16(31)8-6-4-2-3-5-7-9-41-27-24(39)25(46-28-23(38)21(36)18(33)14(11-30)44-28)19(34)15(45-27)12-42-26-22(37)20(35)17(32)13(10-29)43-26/h13-15,17-30,32-39H,2-12H2,1H3. The van der Waals surface area contributed by atoms with Crippen LogP contribution in [-0.2, 0) is 38.0 Å². The first-order valence-corrected chi connectivity index (χ1v) is 15.5. The monoisotopic (exact) mass is 674 g/mol. The highest BCUT2D eigenvalue weighted by molar-refractivity contribution is 5.68. The second kappa shape index (κ2) is 19.1. The van der Waals surface area contributed by atoms with Gasteiger partial charge in [0.2, 0.25) is 0 Å². The molecule has 3 heterocycles. The minimum absolute atomic E-state index is 0.118. The fraction of sp³-hybridized carbons (Fsp3) is 0.964. The molecule has 0 saturated carbocycles. The lowest BCUT2D eigenvalue weighted by atomic mass is 9.96. The molecule has 15 unspecified atom stereocenters. The molecule has 0 amide bonds. The number of aliphatic hydroxyl groups is 10. The van der Waals surface area contributed by atoms with Crippen LogP contribution in [0.1, 0.15) is 44.9 Å². The summed E-state index contributed by atoms with van der Waals surface area (Å²) in [5.41, 5.74) is 0. The summed E-state index contributed by atoms with van der Waals surface area (Å²) in [5, 5.41) is 102. The molecule has 18 heteroatoms. The smallest absolute Gasteiger partial charge is 0.305 e. The molecule has 3 fully saturated rings. The Morgan fingerprint density at radius 2 is 1.07 bits per heavy atom. The minimum atomic E-state index is -1.84. The van der Waals surface area contributed by atoms with Gasteiger partial charge in [0.05, 0.1) is 26.9 Å². The molecule has 0 aromatic carbocycles. The van der Waals surface area contributed by atoms with E-state index in [1.807, 2.05) is 0 Å². The molecule has 18 nitrogen and oxygen atoms in total. The molecular formula is C28H50O18. The molecule has 270 valence electrons. The lowest BCUT2D eigenvalue weighted by Gasteiger charge is -2.46. The Kier molecular flexibility index (Phi) is 16.3. The van der Waals surface area contributed by atoms with E-state index in [1.165, 1.54) is 7.11 Å². The zero-order valence-corrected chi connectivity index (χ0v) is 25.7. The highest BCUT2D eigenvalue weighted by Crippen LogP contribution is 2.31. The summed E-state index contributed by atoms with van der Waals surface area (Å²) in [5.74, 6) is -0.254. The number of unbranched alkanes of at least 4 members (excludes halogenated alkanes) is 5. The number of methoxy groups -OCH3 is 1. The van der Waals surface area contributed by atoms with Crippen molar-refractivity contribution in [1.82, 2.24) is 0 Å². The second-order valence-corrected chi connectivity index (χ2v) is 11.7. The van der Waals surface area contributed by atoms with Gasteiger partial charge in [-0.15, -0.1) is 0 Å². The molecule has 0 spiro atoms. The van der Waals surface area contributed by atoms with Crippen LogP contribution in [0.5, 0.6) is 0 Å². The first-order chi connectivity index (χ1) is 21.9. The molecule has 0 bridgehead atoms. The Labute approximate surface area is 265 Å². The molecule has 10 N–H and O–H groups in total. The van der Waals surface area contributed by atoms with E-state index in [0.29, 0.717) is 12.8 Å². The van der Waals surface area contributed by atoms with Crippen molar-refractivity contribution in [2.75, 3.05) is 33.5 Å². The van der Waals surface area contributed by atoms with Gasteiger partial charge < -0.3 is 84.2 Å². The average molecular weight is 675 g/mol. The van der Waals surface area contributed by atoms with Gasteiger partial charge in [-0.3, -0.25) is 4.79 Å². The van der Waals surface area contributed by atoms with Crippen molar-refractivity contribution in [3.05, 3.63) is 0 Å². The SMILES string of the molecule is COC(=O)CCCCCCCCOC1OC(COC2OC(CO)C(O)C(O)C2O)C(O)C(OC2OC(CO)C(O)C(O)C2O)C1O. The Morgan fingerprint density at radius 1 is 0.565 bits per heavy atom. The Hall–Kier alpha value is -1.17. The van der Waals surface area contributed by atoms with Gasteiger partial charge in [-0.2, -0.15) is 0 Å². The minimum Gasteiger partial charge on any atom is -0.469 e. The number of carbonyl (C=O) groups is 1. The molecule has 0 aromatic heterocycles. The molecule has 3 aliphatic rings. The van der Waals surface area contributed by atoms with Crippen LogP contribution in [0.25, 0.3) is 0 Å². The van der Waals surface area contributed by atoms with Crippen LogP contribution in [-0.4, -0.2) is 183 Å². The fourth-order valence-electron chi connectivity index (χ4n) is 5.45. The molecule has 0 radical (unpaired) electrons. The number of rotatable bonds is 17. The fourth-order valence-corrected chi connectivity index (χ4v) is 5.45. The molecule has 15 atom stereocenters. The predicted octanol–water partition coefficient (Wildman–Crippen LogP) is -4.64. The highest BCUT2D eigenvalue weighted by atomic mass is 16.7. The lowest BCUT2D eigenvalue weighted by Crippen LogP contribution is -2.65. The maximum absolute atomic E-state index is 11.2. The topological polar surface area (TPSA) is 284 Å². The zero-order valence-electron chi connectivity index (χ0n) is 25.7. The van der Waals surface area contributed by atoms with Crippen molar-refractivity contribution in [2.45, 2.75) is 137 Å². The van der Waals surface area contributed by atoms with Crippen LogP contribution >= 0.6 is 0 Å². The van der Waals surface area contributed by atoms with Gasteiger partial charge in [0.15, 0.2) is 18.9 Å². The van der Waals surface area contributed by atoms with E-state index in [9.17, 15) is 55.9 Å². The van der Waals surface area contributed by atoms with Gasteiger partial charge in [-0.05, 0) is 12.8 Å². The third-order valence-electron chi connectivity index (χ3n) is 8.34. The van der Waals surface area contributed by atoms with E-state index in [-0.39, 0.29) is 12.6 Å². The summed E-state index contributed by atoms with van der Waals surface area (Å²) in [4.78, 5) is 11.2. The first kappa shape index (κ1) is 39.3. The van der Waals surface area contributed by atoms with Gasteiger partial charge >= 0.3 is 5.97 Å². The largest absolute Gasteiger partial charge is 0.469 e. The molecule has 3 rings (SSSR count). The number of carbonyl (C=O) groups excluding carboxylic acids is 1. The van der Waals surface area contributed by atoms with Crippen molar-refractivity contribution >= 4 is 5.97 Å². The van der Waals surface area contributed by atoms with Gasteiger partial charge in [0, 0.05) is 13.0 Å². The van der Waals surface area contributed by atoms with Gasteiger partial charge in [0.25, 0.3) is 0 Å². The van der Waals surface area contributed by atoms with Crippen LogP contribution in [0.4, 0.5) is 0 Å². The van der Waals surface area contributed by atoms with Crippen molar-refractivity contribution in [3.63, 3.8) is 0 Å². The molecule has 3 saturated heterocycles. The summed E-state index contributed by atoms with van der Waals surface area (Å²) in [6.45, 7) is -1.86. The highest BCUT2D eigenvalue weighted by Gasteiger charge is 2.52. The van der Waals surface area contributed by atoms with Crippen LogP contribution in [0.3, 0.4) is 0 Å². The van der Waals surface area contributed by atoms with E-state index in [2.05, 4.69) is 4.74 Å². The number of hydrogen-bond acceptors (Lipinski definition) is 18. The third-order valence-corrected chi connectivity index (χ3v) is 8.34. The van der Waals surface area contributed by atoms with Crippen LogP contribution < -0.4 is 0 Å². The number of esters is 1. The maximum atomic E-state index is 11.2. The molecule has 0 aromatic rings. The lowest BCUT2D eigenvalue weighted by molar-refractivity contribution is -0.366. The van der Waals surface area contributed by atoms with Gasteiger partial charge in [-0.1, -0.05) is 25.7 Å². The second-order valence-electron chi connectivity index (χ2n) is 11.7. The van der Waals surface area contributed by atoms with E-state index in [1.54, 1.807) is 0 Å². The van der Waals surface area contributed by atoms with E-state index in [4.69, 9.17) is 28.4 Å².